The molecular weight excluding hydrogens is 637 g/mol. The Bertz CT molecular complexity index is 2050. The SMILES string of the molecule is CCC(C)(C)c1cc(CC(C)(C)C)c2oc(-c3ccc(C=Cc4ccc(-c5nc6cc(C(C)(C)CC)cc(CC(C)(C)C)c6o5)cc4)cc3)nc2c1. The summed E-state index contributed by atoms with van der Waals surface area (Å²) in [6.45, 7) is 27.4. The van der Waals surface area contributed by atoms with Crippen molar-refractivity contribution in [2.45, 2.75) is 120 Å². The lowest BCUT2D eigenvalue weighted by molar-refractivity contribution is 0.409. The average Bonchev–Trinajstić information content (AvgIpc) is 3.72. The van der Waals surface area contributed by atoms with Crippen molar-refractivity contribution in [1.29, 1.82) is 0 Å². The molecule has 272 valence electrons. The van der Waals surface area contributed by atoms with Gasteiger partial charge < -0.3 is 8.83 Å². The molecule has 0 spiro atoms. The van der Waals surface area contributed by atoms with Crippen LogP contribution in [0.5, 0.6) is 0 Å². The zero-order valence-electron chi connectivity index (χ0n) is 33.6. The lowest BCUT2D eigenvalue weighted by Crippen LogP contribution is -2.17. The molecule has 0 N–H and O–H groups in total. The van der Waals surface area contributed by atoms with E-state index in [-0.39, 0.29) is 21.7 Å². The Labute approximate surface area is 311 Å². The van der Waals surface area contributed by atoms with Gasteiger partial charge in [-0.2, -0.15) is 0 Å². The highest BCUT2D eigenvalue weighted by molar-refractivity contribution is 5.82. The Morgan fingerprint density at radius 2 is 0.846 bits per heavy atom. The van der Waals surface area contributed by atoms with Crippen LogP contribution in [0.3, 0.4) is 0 Å². The summed E-state index contributed by atoms with van der Waals surface area (Å²) in [7, 11) is 0. The first-order valence-corrected chi connectivity index (χ1v) is 19.1. The van der Waals surface area contributed by atoms with Crippen LogP contribution in [0.4, 0.5) is 0 Å². The smallest absolute Gasteiger partial charge is 0.227 e. The standard InChI is InChI=1S/C48H58N2O2/c1-13-47(9,10)37-25-35(29-45(3,4)5)41-39(27-37)49-43(51-41)33-21-17-31(18-22-33)15-16-32-19-23-34(24-20-32)44-50-40-28-38(48(11,12)14-2)26-36(42(40)52-44)30-46(6,7)8/h15-28H,13-14,29-30H2,1-12H3. The molecule has 0 radical (unpaired) electrons. The highest BCUT2D eigenvalue weighted by Gasteiger charge is 2.26. The molecule has 0 atom stereocenters. The molecule has 0 aliphatic carbocycles. The van der Waals surface area contributed by atoms with E-state index in [9.17, 15) is 0 Å². The van der Waals surface area contributed by atoms with Crippen molar-refractivity contribution in [2.24, 2.45) is 10.8 Å². The third-order valence-corrected chi connectivity index (χ3v) is 10.7. The van der Waals surface area contributed by atoms with Crippen molar-refractivity contribution in [3.05, 3.63) is 106 Å². The number of oxazole rings is 2. The number of nitrogens with zero attached hydrogens (tertiary/aromatic N) is 2. The monoisotopic (exact) mass is 694 g/mol. The third kappa shape index (κ3) is 8.27. The third-order valence-electron chi connectivity index (χ3n) is 10.7. The van der Waals surface area contributed by atoms with Gasteiger partial charge in [0.15, 0.2) is 11.2 Å². The minimum atomic E-state index is 0.0741. The van der Waals surface area contributed by atoms with Gasteiger partial charge in [0, 0.05) is 11.1 Å². The molecular formula is C48H58N2O2. The van der Waals surface area contributed by atoms with Gasteiger partial charge in [-0.1, -0.05) is 132 Å². The van der Waals surface area contributed by atoms with E-state index in [0.29, 0.717) is 11.8 Å². The van der Waals surface area contributed by atoms with Crippen molar-refractivity contribution in [1.82, 2.24) is 9.97 Å². The fourth-order valence-corrected chi connectivity index (χ4v) is 6.71. The molecule has 0 aliphatic heterocycles. The summed E-state index contributed by atoms with van der Waals surface area (Å²) in [5.74, 6) is 1.33. The van der Waals surface area contributed by atoms with Crippen LogP contribution in [0.1, 0.15) is 129 Å². The molecule has 2 heterocycles. The van der Waals surface area contributed by atoms with E-state index in [1.807, 2.05) is 0 Å². The number of rotatable bonds is 10. The van der Waals surface area contributed by atoms with E-state index < -0.39 is 0 Å². The Balaban J connectivity index is 1.22. The molecule has 0 amide bonds. The summed E-state index contributed by atoms with van der Waals surface area (Å²) in [6.07, 6.45) is 8.27. The quantitative estimate of drug-likeness (QED) is 0.134. The predicted molar refractivity (Wildman–Crippen MR) is 221 cm³/mol. The summed E-state index contributed by atoms with van der Waals surface area (Å²) < 4.78 is 13.0. The van der Waals surface area contributed by atoms with Crippen molar-refractivity contribution < 1.29 is 8.83 Å². The van der Waals surface area contributed by atoms with Crippen molar-refractivity contribution >= 4 is 34.4 Å². The molecule has 2 aromatic heterocycles. The van der Waals surface area contributed by atoms with Crippen LogP contribution in [0.2, 0.25) is 0 Å². The van der Waals surface area contributed by atoms with Gasteiger partial charge in [0.2, 0.25) is 11.8 Å². The molecule has 4 heteroatoms. The van der Waals surface area contributed by atoms with E-state index in [0.717, 1.165) is 70.1 Å². The van der Waals surface area contributed by atoms with E-state index in [1.165, 1.54) is 22.3 Å². The van der Waals surface area contributed by atoms with Gasteiger partial charge in [-0.25, -0.2) is 9.97 Å². The number of aromatic nitrogens is 2. The molecule has 52 heavy (non-hydrogen) atoms. The first-order valence-electron chi connectivity index (χ1n) is 19.1. The Morgan fingerprint density at radius 1 is 0.500 bits per heavy atom. The van der Waals surface area contributed by atoms with E-state index >= 15 is 0 Å². The summed E-state index contributed by atoms with van der Waals surface area (Å²) in [5, 5.41) is 0. The second-order valence-electron chi connectivity index (χ2n) is 18.5. The second-order valence-corrected chi connectivity index (χ2v) is 18.5. The zero-order valence-corrected chi connectivity index (χ0v) is 33.6. The van der Waals surface area contributed by atoms with Crippen LogP contribution >= 0.6 is 0 Å². The van der Waals surface area contributed by atoms with Crippen LogP contribution < -0.4 is 0 Å². The van der Waals surface area contributed by atoms with Gasteiger partial charge in [-0.05, 0) is 117 Å². The molecule has 0 saturated carbocycles. The molecule has 4 aromatic carbocycles. The van der Waals surface area contributed by atoms with E-state index in [1.54, 1.807) is 0 Å². The van der Waals surface area contributed by atoms with Crippen molar-refractivity contribution in [2.75, 3.05) is 0 Å². The van der Waals surface area contributed by atoms with Gasteiger partial charge in [0.05, 0.1) is 0 Å². The van der Waals surface area contributed by atoms with Gasteiger partial charge in [-0.15, -0.1) is 0 Å². The molecule has 6 aromatic rings. The Hall–Kier alpha value is -4.44. The lowest BCUT2D eigenvalue weighted by Gasteiger charge is -2.25. The molecule has 6 rings (SSSR count). The van der Waals surface area contributed by atoms with E-state index in [4.69, 9.17) is 18.8 Å². The topological polar surface area (TPSA) is 52.1 Å². The normalized spacial score (nSPS) is 13.2. The average molecular weight is 695 g/mol. The van der Waals surface area contributed by atoms with Gasteiger partial charge in [0.1, 0.15) is 11.0 Å². The van der Waals surface area contributed by atoms with Crippen LogP contribution in [0, 0.1) is 10.8 Å². The first-order chi connectivity index (χ1) is 24.3. The summed E-state index contributed by atoms with van der Waals surface area (Å²) >= 11 is 0. The van der Waals surface area contributed by atoms with Crippen LogP contribution in [-0.2, 0) is 23.7 Å². The van der Waals surface area contributed by atoms with Crippen LogP contribution in [-0.4, -0.2) is 9.97 Å². The highest BCUT2D eigenvalue weighted by Crippen LogP contribution is 2.38. The van der Waals surface area contributed by atoms with Gasteiger partial charge >= 0.3 is 0 Å². The summed E-state index contributed by atoms with van der Waals surface area (Å²) in [6, 6.07) is 26.0. The minimum absolute atomic E-state index is 0.0741. The summed E-state index contributed by atoms with van der Waals surface area (Å²) in [4.78, 5) is 9.99. The fourth-order valence-electron chi connectivity index (χ4n) is 6.71. The molecule has 0 bridgehead atoms. The maximum absolute atomic E-state index is 6.48. The predicted octanol–water partition coefficient (Wildman–Crippen LogP) is 14.0. The summed E-state index contributed by atoms with van der Waals surface area (Å²) in [5.41, 5.74) is 13.4. The van der Waals surface area contributed by atoms with Crippen molar-refractivity contribution in [3.63, 3.8) is 0 Å². The first kappa shape index (κ1) is 37.3. The van der Waals surface area contributed by atoms with Gasteiger partial charge in [0.25, 0.3) is 0 Å². The number of fused-ring (bicyclic) bond motifs is 2. The maximum atomic E-state index is 6.48. The van der Waals surface area contributed by atoms with Gasteiger partial charge in [-0.3, -0.25) is 0 Å². The molecule has 0 aliphatic rings. The number of hydrogen-bond acceptors (Lipinski definition) is 4. The van der Waals surface area contributed by atoms with Crippen LogP contribution in [0.25, 0.3) is 57.3 Å². The van der Waals surface area contributed by atoms with E-state index in [2.05, 4.69) is 168 Å². The Kier molecular flexibility index (Phi) is 9.93. The lowest BCUT2D eigenvalue weighted by atomic mass is 9.79. The number of hydrogen-bond donors (Lipinski definition) is 0. The Morgan fingerprint density at radius 3 is 1.15 bits per heavy atom. The molecule has 0 unspecified atom stereocenters. The second kappa shape index (κ2) is 13.8. The number of benzene rings is 4. The molecule has 0 fully saturated rings. The largest absolute Gasteiger partial charge is 0.436 e. The zero-order chi connectivity index (χ0) is 37.6. The fraction of sp³-hybridized carbons (Fsp3) is 0.417. The van der Waals surface area contributed by atoms with Crippen molar-refractivity contribution in [3.8, 4) is 22.9 Å². The minimum Gasteiger partial charge on any atom is -0.436 e. The molecule has 0 saturated heterocycles. The molecule has 4 nitrogen and oxygen atoms in total. The highest BCUT2D eigenvalue weighted by atomic mass is 16.4. The maximum Gasteiger partial charge on any atom is 0.227 e. The van der Waals surface area contributed by atoms with Crippen LogP contribution in [0.15, 0.2) is 81.6 Å².